The molecule has 7 nitrogen and oxygen atoms in total. The predicted molar refractivity (Wildman–Crippen MR) is 147 cm³/mol. The molecule has 1 saturated carbocycles. The summed E-state index contributed by atoms with van der Waals surface area (Å²) >= 11 is 5.75. The molecule has 1 aromatic heterocycles. The van der Waals surface area contributed by atoms with Gasteiger partial charge in [-0.2, -0.15) is 9.97 Å². The topological polar surface area (TPSA) is 65.6 Å². The van der Waals surface area contributed by atoms with Gasteiger partial charge in [0.1, 0.15) is 11.6 Å². The van der Waals surface area contributed by atoms with Crippen LogP contribution in [0, 0.1) is 0 Å². The number of piperidine rings is 1. The van der Waals surface area contributed by atoms with E-state index in [4.69, 9.17) is 26.9 Å². The maximum atomic E-state index is 5.75. The van der Waals surface area contributed by atoms with Gasteiger partial charge in [0.2, 0.25) is 5.95 Å². The van der Waals surface area contributed by atoms with Crippen molar-refractivity contribution in [2.45, 2.75) is 56.8 Å². The molecule has 5 rings (SSSR count). The Kier molecular flexibility index (Phi) is 7.99. The van der Waals surface area contributed by atoms with Gasteiger partial charge in [0.25, 0.3) is 0 Å². The van der Waals surface area contributed by atoms with Crippen molar-refractivity contribution in [1.29, 1.82) is 0 Å². The van der Waals surface area contributed by atoms with Crippen molar-refractivity contribution in [3.8, 4) is 0 Å². The molecule has 188 valence electrons. The second kappa shape index (κ2) is 11.5. The molecule has 2 N–H and O–H groups in total. The Morgan fingerprint density at radius 1 is 0.857 bits per heavy atom. The van der Waals surface area contributed by atoms with E-state index in [9.17, 15) is 0 Å². The van der Waals surface area contributed by atoms with E-state index in [1.54, 1.807) is 0 Å². The second-order valence-corrected chi connectivity index (χ2v) is 10.5. The summed E-state index contributed by atoms with van der Waals surface area (Å²) in [5, 5.41) is 7.45. The van der Waals surface area contributed by atoms with Crippen molar-refractivity contribution in [3.05, 3.63) is 42.0 Å². The fourth-order valence-corrected chi connectivity index (χ4v) is 5.86. The average molecular weight is 495 g/mol. The first kappa shape index (κ1) is 24.3. The molecule has 1 aliphatic carbocycles. The third-order valence-electron chi connectivity index (χ3n) is 7.72. The molecular formula is C27H38N6OS. The van der Waals surface area contributed by atoms with E-state index >= 15 is 0 Å². The van der Waals surface area contributed by atoms with Crippen molar-refractivity contribution >= 4 is 34.9 Å². The Morgan fingerprint density at radius 2 is 1.49 bits per heavy atom. The van der Waals surface area contributed by atoms with Gasteiger partial charge in [-0.05, 0) is 49.9 Å². The van der Waals surface area contributed by atoms with Gasteiger partial charge >= 0.3 is 0 Å². The quantitative estimate of drug-likeness (QED) is 0.570. The van der Waals surface area contributed by atoms with Gasteiger partial charge < -0.3 is 25.2 Å². The third kappa shape index (κ3) is 6.04. The number of ether oxygens (including phenoxy) is 1. The van der Waals surface area contributed by atoms with Crippen LogP contribution in [0.5, 0.6) is 0 Å². The zero-order valence-corrected chi connectivity index (χ0v) is 21.5. The number of thiocarbonyl (C=S) groups is 1. The minimum Gasteiger partial charge on any atom is -0.378 e. The number of nitrogens with zero attached hydrogens (tertiary/aromatic N) is 4. The predicted octanol–water partition coefficient (Wildman–Crippen LogP) is 4.49. The zero-order valence-electron chi connectivity index (χ0n) is 20.7. The molecule has 0 spiro atoms. The summed E-state index contributed by atoms with van der Waals surface area (Å²) in [6, 6.07) is 13.1. The Bertz CT molecular complexity index is 933. The summed E-state index contributed by atoms with van der Waals surface area (Å²) in [7, 11) is 0. The van der Waals surface area contributed by atoms with Crippen molar-refractivity contribution in [1.82, 2.24) is 15.3 Å². The van der Waals surface area contributed by atoms with Crippen LogP contribution in [0.2, 0.25) is 0 Å². The van der Waals surface area contributed by atoms with E-state index in [2.05, 4.69) is 56.8 Å². The molecule has 3 aliphatic rings. The Hall–Kier alpha value is -2.45. The first-order valence-corrected chi connectivity index (χ1v) is 13.7. The molecule has 2 saturated heterocycles. The standard InChI is InChI=1S/C27H38N6OS/c35-26(28-21-27(12-6-2-7-13-27)22-10-4-1-5-11-22)31-25-29-23(32-14-8-3-9-15-32)20-24(30-25)33-16-18-34-19-17-33/h1,4-5,10-11,20H,2-3,6-9,12-19,21H2,(H2,28,29,30,31,35). The largest absolute Gasteiger partial charge is 0.378 e. The second-order valence-electron chi connectivity index (χ2n) is 10.1. The lowest BCUT2D eigenvalue weighted by atomic mass is 9.69. The Labute approximate surface area is 214 Å². The van der Waals surface area contributed by atoms with E-state index < -0.39 is 0 Å². The molecule has 2 aliphatic heterocycles. The molecule has 35 heavy (non-hydrogen) atoms. The molecule has 2 aromatic rings. The van der Waals surface area contributed by atoms with E-state index in [1.165, 1.54) is 56.9 Å². The van der Waals surface area contributed by atoms with Crippen molar-refractivity contribution < 1.29 is 4.74 Å². The summed E-state index contributed by atoms with van der Waals surface area (Å²) in [5.41, 5.74) is 1.54. The van der Waals surface area contributed by atoms with Crippen LogP contribution in [0.3, 0.4) is 0 Å². The molecular weight excluding hydrogens is 456 g/mol. The number of hydrogen-bond acceptors (Lipinski definition) is 6. The molecule has 0 bridgehead atoms. The molecule has 0 radical (unpaired) electrons. The maximum absolute atomic E-state index is 5.75. The Balaban J connectivity index is 1.31. The van der Waals surface area contributed by atoms with Crippen molar-refractivity contribution in [2.75, 3.05) is 61.1 Å². The van der Waals surface area contributed by atoms with E-state index in [-0.39, 0.29) is 5.41 Å². The normalized spacial score (nSPS) is 20.3. The summed E-state index contributed by atoms with van der Waals surface area (Å²) < 4.78 is 5.56. The summed E-state index contributed by atoms with van der Waals surface area (Å²) in [5.74, 6) is 2.51. The third-order valence-corrected chi connectivity index (χ3v) is 7.97. The van der Waals surface area contributed by atoms with Gasteiger partial charge in [0, 0.05) is 44.2 Å². The smallest absolute Gasteiger partial charge is 0.232 e. The first-order chi connectivity index (χ1) is 17.2. The highest BCUT2D eigenvalue weighted by Crippen LogP contribution is 2.39. The van der Waals surface area contributed by atoms with Crippen LogP contribution in [0.15, 0.2) is 36.4 Å². The Morgan fingerprint density at radius 3 is 2.17 bits per heavy atom. The fraction of sp³-hybridized carbons (Fsp3) is 0.593. The first-order valence-electron chi connectivity index (χ1n) is 13.3. The minimum absolute atomic E-state index is 0.126. The van der Waals surface area contributed by atoms with Gasteiger partial charge in [0.05, 0.1) is 13.2 Å². The number of anilines is 3. The highest BCUT2D eigenvalue weighted by atomic mass is 32.1. The van der Waals surface area contributed by atoms with Crippen LogP contribution in [-0.4, -0.2) is 61.0 Å². The van der Waals surface area contributed by atoms with E-state index in [0.717, 1.165) is 57.6 Å². The molecule has 0 atom stereocenters. The molecule has 0 amide bonds. The fourth-order valence-electron chi connectivity index (χ4n) is 5.70. The van der Waals surface area contributed by atoms with Gasteiger partial charge in [0.15, 0.2) is 5.11 Å². The van der Waals surface area contributed by atoms with Crippen molar-refractivity contribution in [3.63, 3.8) is 0 Å². The molecule has 0 unspecified atom stereocenters. The number of nitrogens with one attached hydrogen (secondary N) is 2. The summed E-state index contributed by atoms with van der Waals surface area (Å²) in [4.78, 5) is 14.4. The molecule has 3 fully saturated rings. The van der Waals surface area contributed by atoms with Crippen molar-refractivity contribution in [2.24, 2.45) is 0 Å². The lowest BCUT2D eigenvalue weighted by Crippen LogP contribution is -2.43. The molecule has 1 aromatic carbocycles. The SMILES string of the molecule is S=C(NCC1(c2ccccc2)CCCCC1)Nc1nc(N2CCCCC2)cc(N2CCOCC2)n1. The highest BCUT2D eigenvalue weighted by Gasteiger charge is 2.33. The highest BCUT2D eigenvalue weighted by molar-refractivity contribution is 7.80. The molecule has 8 heteroatoms. The summed E-state index contributed by atoms with van der Waals surface area (Å²) in [6.07, 6.45) is 9.94. The van der Waals surface area contributed by atoms with Crippen LogP contribution in [-0.2, 0) is 10.2 Å². The van der Waals surface area contributed by atoms with E-state index in [0.29, 0.717) is 11.1 Å². The number of hydrogen-bond donors (Lipinski definition) is 2. The van der Waals surface area contributed by atoms with Crippen LogP contribution in [0.1, 0.15) is 56.9 Å². The number of morpholine rings is 1. The van der Waals surface area contributed by atoms with Gasteiger partial charge in [-0.1, -0.05) is 49.6 Å². The van der Waals surface area contributed by atoms with Gasteiger partial charge in [-0.25, -0.2) is 0 Å². The summed E-state index contributed by atoms with van der Waals surface area (Å²) in [6.45, 7) is 6.06. The number of aromatic nitrogens is 2. The number of benzene rings is 1. The van der Waals surface area contributed by atoms with Crippen LogP contribution in [0.25, 0.3) is 0 Å². The van der Waals surface area contributed by atoms with Gasteiger partial charge in [-0.15, -0.1) is 0 Å². The minimum atomic E-state index is 0.126. The van der Waals surface area contributed by atoms with Crippen LogP contribution >= 0.6 is 12.2 Å². The lowest BCUT2D eigenvalue weighted by molar-refractivity contribution is 0.122. The number of rotatable bonds is 6. The molecule has 3 heterocycles. The lowest BCUT2D eigenvalue weighted by Gasteiger charge is -2.38. The van der Waals surface area contributed by atoms with Gasteiger partial charge in [-0.3, -0.25) is 0 Å². The monoisotopic (exact) mass is 494 g/mol. The van der Waals surface area contributed by atoms with Crippen LogP contribution in [0.4, 0.5) is 17.6 Å². The zero-order chi connectivity index (χ0) is 23.9. The van der Waals surface area contributed by atoms with E-state index in [1.807, 2.05) is 0 Å². The van der Waals surface area contributed by atoms with Crippen LogP contribution < -0.4 is 20.4 Å². The maximum Gasteiger partial charge on any atom is 0.232 e. The average Bonchev–Trinajstić information content (AvgIpc) is 2.94.